The number of aromatic nitrogens is 6. The van der Waals surface area contributed by atoms with Crippen LogP contribution in [0.2, 0.25) is 0 Å². The summed E-state index contributed by atoms with van der Waals surface area (Å²) < 4.78 is 10.6. The van der Waals surface area contributed by atoms with Gasteiger partial charge < -0.3 is 29.5 Å². The third-order valence-electron chi connectivity index (χ3n) is 9.28. The number of rotatable bonds is 13. The fraction of sp³-hybridized carbons (Fsp3) is 0.545. The summed E-state index contributed by atoms with van der Waals surface area (Å²) in [6.45, 7) is 7.03. The summed E-state index contributed by atoms with van der Waals surface area (Å²) >= 11 is 0. The highest BCUT2D eigenvalue weighted by atomic mass is 16.6. The minimum absolute atomic E-state index is 0.103. The number of hydrogen-bond donors (Lipinski definition) is 2. The van der Waals surface area contributed by atoms with Crippen LogP contribution in [0, 0.1) is 17.8 Å². The Morgan fingerprint density at radius 1 is 0.980 bits per heavy atom. The van der Waals surface area contributed by atoms with E-state index in [4.69, 9.17) is 14.5 Å². The summed E-state index contributed by atoms with van der Waals surface area (Å²) in [5.74, 6) is 0.652. The number of fused-ring (bicyclic) bond motifs is 1. The number of hydrogen-bond acceptors (Lipinski definition) is 12. The lowest BCUT2D eigenvalue weighted by molar-refractivity contribution is -0.145. The van der Waals surface area contributed by atoms with Gasteiger partial charge in [0, 0.05) is 57.3 Å². The third kappa shape index (κ3) is 7.95. The summed E-state index contributed by atoms with van der Waals surface area (Å²) in [5.41, 5.74) is 0.853. The van der Waals surface area contributed by atoms with Crippen LogP contribution in [-0.2, 0) is 25.5 Å². The Morgan fingerprint density at radius 3 is 2.39 bits per heavy atom. The fourth-order valence-electron chi connectivity index (χ4n) is 6.51. The van der Waals surface area contributed by atoms with Crippen molar-refractivity contribution >= 4 is 29.7 Å². The number of piperidine rings is 1. The highest BCUT2D eigenvalue weighted by Gasteiger charge is 2.60. The monoisotopic (exact) mass is 674 g/mol. The second-order valence-corrected chi connectivity index (χ2v) is 12.5. The molecule has 0 radical (unpaired) electrons. The highest BCUT2D eigenvalue weighted by molar-refractivity contribution is 5.97. The number of ether oxygens (including phenoxy) is 2. The number of anilines is 1. The first-order valence-corrected chi connectivity index (χ1v) is 17.0. The number of carbonyl (C=O) groups excluding carboxylic acids is 4. The molecule has 16 heteroatoms. The predicted octanol–water partition coefficient (Wildman–Crippen LogP) is 1.71. The van der Waals surface area contributed by atoms with Gasteiger partial charge in [-0.15, -0.1) is 10.2 Å². The van der Waals surface area contributed by atoms with E-state index in [9.17, 15) is 19.2 Å². The molecule has 2 aliphatic heterocycles. The van der Waals surface area contributed by atoms with E-state index in [2.05, 4.69) is 35.8 Å². The second kappa shape index (κ2) is 15.4. The number of tetrazole rings is 1. The summed E-state index contributed by atoms with van der Waals surface area (Å²) in [5, 5.41) is 16.9. The van der Waals surface area contributed by atoms with E-state index in [1.54, 1.807) is 22.8 Å². The molecule has 2 N–H and O–H groups in total. The van der Waals surface area contributed by atoms with Crippen molar-refractivity contribution in [1.82, 2.24) is 45.7 Å². The standard InChI is InChI=1S/C33H42N10O6/c1-3-5-17-49-33(47)42-15-13-41(14-16-42)31(45)24(11-12-26-37-39-40-38-26)35-30(44)25-18-27(36-29(34-25)21-9-7-6-8-10-21)43-19-22-23(20-43)28(22)32(46)48-4-2/h6-10,18,22-24,28H,3-5,11-17,19-20H2,1-2H3,(H,35,44)(H,37,38,39,40)/t22?,23?,24-,28?/m0/s1. The van der Waals surface area contributed by atoms with Gasteiger partial charge in [0.25, 0.3) is 5.91 Å². The first-order chi connectivity index (χ1) is 23.9. The largest absolute Gasteiger partial charge is 0.466 e. The number of esters is 1. The molecule has 0 bridgehead atoms. The Morgan fingerprint density at radius 2 is 1.71 bits per heavy atom. The fourth-order valence-corrected chi connectivity index (χ4v) is 6.51. The van der Waals surface area contributed by atoms with Gasteiger partial charge in [0.1, 0.15) is 17.6 Å². The quantitative estimate of drug-likeness (QED) is 0.198. The summed E-state index contributed by atoms with van der Waals surface area (Å²) in [7, 11) is 0. The Labute approximate surface area is 283 Å². The van der Waals surface area contributed by atoms with E-state index in [1.807, 2.05) is 37.3 Å². The van der Waals surface area contributed by atoms with Gasteiger partial charge in [0.05, 0.1) is 19.1 Å². The molecule has 49 heavy (non-hydrogen) atoms. The van der Waals surface area contributed by atoms with Crippen molar-refractivity contribution in [2.45, 2.75) is 45.6 Å². The van der Waals surface area contributed by atoms with Gasteiger partial charge in [-0.05, 0) is 31.6 Å². The minimum Gasteiger partial charge on any atom is -0.466 e. The molecule has 3 atom stereocenters. The van der Waals surface area contributed by atoms with Crippen LogP contribution in [-0.4, -0.2) is 123 Å². The van der Waals surface area contributed by atoms with Crippen molar-refractivity contribution < 1.29 is 28.7 Å². The summed E-state index contributed by atoms with van der Waals surface area (Å²) in [6.07, 6.45) is 1.84. The molecular formula is C33H42N10O6. The third-order valence-corrected chi connectivity index (χ3v) is 9.28. The Kier molecular flexibility index (Phi) is 10.6. The van der Waals surface area contributed by atoms with E-state index < -0.39 is 11.9 Å². The zero-order valence-corrected chi connectivity index (χ0v) is 27.8. The van der Waals surface area contributed by atoms with Crippen LogP contribution >= 0.6 is 0 Å². The van der Waals surface area contributed by atoms with E-state index in [0.29, 0.717) is 76.4 Å². The van der Waals surface area contributed by atoms with Gasteiger partial charge in [-0.2, -0.15) is 5.21 Å². The van der Waals surface area contributed by atoms with Gasteiger partial charge in [0.15, 0.2) is 11.6 Å². The highest BCUT2D eigenvalue weighted by Crippen LogP contribution is 2.53. The van der Waals surface area contributed by atoms with E-state index in [0.717, 1.165) is 18.4 Å². The number of piperazine rings is 1. The molecule has 3 fully saturated rings. The smallest absolute Gasteiger partial charge is 0.409 e. The zero-order valence-electron chi connectivity index (χ0n) is 27.8. The van der Waals surface area contributed by atoms with Gasteiger partial charge in [-0.1, -0.05) is 48.9 Å². The predicted molar refractivity (Wildman–Crippen MR) is 175 cm³/mol. The van der Waals surface area contributed by atoms with E-state index in [-0.39, 0.29) is 47.8 Å². The van der Waals surface area contributed by atoms with Crippen LogP contribution in [0.5, 0.6) is 0 Å². The number of aryl methyl sites for hydroxylation is 1. The van der Waals surface area contributed by atoms with E-state index >= 15 is 0 Å². The topological polar surface area (TPSA) is 189 Å². The van der Waals surface area contributed by atoms with Gasteiger partial charge in [-0.3, -0.25) is 14.4 Å². The number of unbranched alkanes of at least 4 members (excludes halogenated alkanes) is 1. The van der Waals surface area contributed by atoms with E-state index in [1.165, 1.54) is 0 Å². The maximum atomic E-state index is 13.9. The van der Waals surface area contributed by atoms with Crippen LogP contribution in [0.25, 0.3) is 11.4 Å². The summed E-state index contributed by atoms with van der Waals surface area (Å²) in [4.78, 5) is 67.4. The molecule has 3 aliphatic rings. The lowest BCUT2D eigenvalue weighted by Gasteiger charge is -2.36. The van der Waals surface area contributed by atoms with Crippen molar-refractivity contribution in [3.63, 3.8) is 0 Å². The molecule has 260 valence electrons. The SMILES string of the molecule is CCCCOC(=O)N1CCN(C(=O)[C@H](CCc2nn[nH]n2)NC(=O)c2cc(N3CC4C(C3)C4C(=O)OCC)nc(-c3ccccc3)n2)CC1. The average molecular weight is 675 g/mol. The van der Waals surface area contributed by atoms with Gasteiger partial charge >= 0.3 is 12.1 Å². The molecule has 1 aromatic carbocycles. The number of amides is 3. The Bertz CT molecular complexity index is 1600. The molecule has 6 rings (SSSR count). The van der Waals surface area contributed by atoms with Crippen molar-refractivity contribution in [2.24, 2.45) is 17.8 Å². The molecule has 3 aromatic rings. The molecule has 1 saturated carbocycles. The van der Waals surface area contributed by atoms with Crippen molar-refractivity contribution in [2.75, 3.05) is 57.4 Å². The molecule has 2 unspecified atom stereocenters. The molecule has 0 spiro atoms. The molecule has 2 saturated heterocycles. The maximum absolute atomic E-state index is 13.9. The summed E-state index contributed by atoms with van der Waals surface area (Å²) in [6, 6.07) is 10.1. The van der Waals surface area contributed by atoms with Gasteiger partial charge in [-0.25, -0.2) is 14.8 Å². The van der Waals surface area contributed by atoms with Gasteiger partial charge in [0.2, 0.25) is 5.91 Å². The molecule has 3 amide bonds. The average Bonchev–Trinajstić information content (AvgIpc) is 3.43. The van der Waals surface area contributed by atoms with Crippen molar-refractivity contribution in [1.29, 1.82) is 0 Å². The molecular weight excluding hydrogens is 632 g/mol. The van der Waals surface area contributed by atoms with Crippen molar-refractivity contribution in [3.8, 4) is 11.4 Å². The lowest BCUT2D eigenvalue weighted by atomic mass is 10.1. The normalized spacial score (nSPS) is 20.4. The minimum atomic E-state index is -0.919. The molecule has 1 aliphatic carbocycles. The van der Waals surface area contributed by atoms with Crippen LogP contribution in [0.1, 0.15) is 49.4 Å². The number of aromatic amines is 1. The molecule has 2 aromatic heterocycles. The Balaban J connectivity index is 1.18. The number of nitrogens with one attached hydrogen (secondary N) is 2. The van der Waals surface area contributed by atoms with Crippen LogP contribution in [0.15, 0.2) is 36.4 Å². The first kappa shape index (κ1) is 33.7. The van der Waals surface area contributed by atoms with Crippen LogP contribution in [0.3, 0.4) is 0 Å². The van der Waals surface area contributed by atoms with Crippen LogP contribution < -0.4 is 10.2 Å². The first-order valence-electron chi connectivity index (χ1n) is 17.0. The second-order valence-electron chi connectivity index (χ2n) is 12.5. The molecule has 16 nitrogen and oxygen atoms in total. The Hall–Kier alpha value is -5.15. The maximum Gasteiger partial charge on any atom is 0.409 e. The molecule has 4 heterocycles. The number of nitrogens with zero attached hydrogens (tertiary/aromatic N) is 8. The van der Waals surface area contributed by atoms with Crippen molar-refractivity contribution in [3.05, 3.63) is 47.9 Å². The number of carbonyl (C=O) groups is 4. The lowest BCUT2D eigenvalue weighted by Crippen LogP contribution is -2.56. The van der Waals surface area contributed by atoms with Crippen LogP contribution in [0.4, 0.5) is 10.6 Å². The number of benzene rings is 1. The number of H-pyrrole nitrogens is 1. The zero-order chi connectivity index (χ0) is 34.3.